The molecule has 8 nitrogen and oxygen atoms in total. The van der Waals surface area contributed by atoms with Crippen molar-refractivity contribution in [2.45, 2.75) is 13.3 Å². The lowest BCUT2D eigenvalue weighted by Crippen LogP contribution is -2.25. The highest BCUT2D eigenvalue weighted by atomic mass is 32.2. The van der Waals surface area contributed by atoms with Crippen LogP contribution in [0.3, 0.4) is 0 Å². The van der Waals surface area contributed by atoms with Crippen molar-refractivity contribution in [2.75, 3.05) is 43.2 Å². The molecule has 1 saturated heterocycles. The number of amides is 1. The summed E-state index contributed by atoms with van der Waals surface area (Å²) < 4.78 is 41.5. The monoisotopic (exact) mass is 420 g/mol. The molecule has 0 radical (unpaired) electrons. The molecule has 3 rings (SSSR count). The summed E-state index contributed by atoms with van der Waals surface area (Å²) in [5.74, 6) is 0.963. The van der Waals surface area contributed by atoms with Crippen LogP contribution < -0.4 is 23.8 Å². The summed E-state index contributed by atoms with van der Waals surface area (Å²) in [7, 11) is 1.20. The van der Waals surface area contributed by atoms with Crippen molar-refractivity contribution in [3.63, 3.8) is 0 Å². The first-order valence-corrected chi connectivity index (χ1v) is 10.6. The Morgan fingerprint density at radius 3 is 2.17 bits per heavy atom. The average molecular weight is 420 g/mol. The molecule has 1 aliphatic heterocycles. The quantitative estimate of drug-likeness (QED) is 0.772. The van der Waals surface area contributed by atoms with E-state index in [1.807, 2.05) is 6.92 Å². The third-order valence-electron chi connectivity index (χ3n) is 4.77. The molecule has 1 aliphatic rings. The molecule has 9 heteroatoms. The number of rotatable bonds is 6. The van der Waals surface area contributed by atoms with E-state index in [2.05, 4.69) is 5.32 Å². The Labute approximate surface area is 170 Å². The first kappa shape index (κ1) is 20.8. The van der Waals surface area contributed by atoms with Crippen LogP contribution >= 0.6 is 0 Å². The zero-order valence-corrected chi connectivity index (χ0v) is 17.6. The molecule has 1 heterocycles. The van der Waals surface area contributed by atoms with Crippen LogP contribution in [0.4, 0.5) is 11.4 Å². The number of sulfonamides is 1. The van der Waals surface area contributed by atoms with Crippen molar-refractivity contribution in [3.8, 4) is 17.2 Å². The molecule has 0 aromatic heterocycles. The van der Waals surface area contributed by atoms with Crippen LogP contribution in [0.15, 0.2) is 30.3 Å². The Kier molecular flexibility index (Phi) is 5.88. The van der Waals surface area contributed by atoms with Crippen LogP contribution in [0.2, 0.25) is 0 Å². The fraction of sp³-hybridized carbons (Fsp3) is 0.350. The summed E-state index contributed by atoms with van der Waals surface area (Å²) >= 11 is 0. The zero-order valence-electron chi connectivity index (χ0n) is 16.8. The third kappa shape index (κ3) is 4.09. The van der Waals surface area contributed by atoms with E-state index in [1.165, 1.54) is 25.6 Å². The Balaban J connectivity index is 1.86. The van der Waals surface area contributed by atoms with E-state index >= 15 is 0 Å². The first-order valence-electron chi connectivity index (χ1n) is 9.03. The number of methoxy groups -OCH3 is 3. The average Bonchev–Trinajstić information content (AvgIpc) is 3.07. The molecule has 1 fully saturated rings. The Morgan fingerprint density at radius 1 is 1.03 bits per heavy atom. The van der Waals surface area contributed by atoms with Gasteiger partial charge in [-0.2, -0.15) is 0 Å². The minimum atomic E-state index is -3.25. The molecule has 29 heavy (non-hydrogen) atoms. The molecule has 0 saturated carbocycles. The number of benzene rings is 2. The summed E-state index contributed by atoms with van der Waals surface area (Å²) in [5.41, 5.74) is 2.28. The van der Waals surface area contributed by atoms with Crippen molar-refractivity contribution < 1.29 is 27.4 Å². The summed E-state index contributed by atoms with van der Waals surface area (Å²) in [4.78, 5) is 12.8. The van der Waals surface area contributed by atoms with E-state index in [1.54, 1.807) is 30.3 Å². The molecule has 2 aromatic rings. The van der Waals surface area contributed by atoms with Crippen LogP contribution in [0.25, 0.3) is 0 Å². The van der Waals surface area contributed by atoms with Gasteiger partial charge in [0.25, 0.3) is 5.91 Å². The minimum Gasteiger partial charge on any atom is -0.493 e. The second-order valence-corrected chi connectivity index (χ2v) is 8.62. The summed E-state index contributed by atoms with van der Waals surface area (Å²) in [6.45, 7) is 2.29. The maximum Gasteiger partial charge on any atom is 0.255 e. The third-order valence-corrected chi connectivity index (χ3v) is 6.64. The number of carbonyl (C=O) groups is 1. The second-order valence-electron chi connectivity index (χ2n) is 6.61. The van der Waals surface area contributed by atoms with Crippen LogP contribution in [-0.4, -0.2) is 48.0 Å². The first-order chi connectivity index (χ1) is 13.8. The largest absolute Gasteiger partial charge is 0.493 e. The second kappa shape index (κ2) is 8.20. The molecule has 0 atom stereocenters. The summed E-state index contributed by atoms with van der Waals surface area (Å²) in [6.07, 6.45) is 0.612. The number of anilines is 2. The van der Waals surface area contributed by atoms with Gasteiger partial charge in [0.2, 0.25) is 15.8 Å². The maximum atomic E-state index is 12.8. The lowest BCUT2D eigenvalue weighted by atomic mass is 10.1. The number of hydrogen-bond donors (Lipinski definition) is 1. The highest BCUT2D eigenvalue weighted by Crippen LogP contribution is 2.38. The van der Waals surface area contributed by atoms with Gasteiger partial charge in [-0.05, 0) is 49.2 Å². The molecule has 0 unspecified atom stereocenters. The van der Waals surface area contributed by atoms with E-state index < -0.39 is 10.0 Å². The number of hydrogen-bond acceptors (Lipinski definition) is 6. The summed E-state index contributed by atoms with van der Waals surface area (Å²) in [5, 5.41) is 2.85. The summed E-state index contributed by atoms with van der Waals surface area (Å²) in [6, 6.07) is 8.29. The number of nitrogens with one attached hydrogen (secondary N) is 1. The van der Waals surface area contributed by atoms with Gasteiger partial charge in [-0.1, -0.05) is 0 Å². The predicted octanol–water partition coefficient (Wildman–Crippen LogP) is 2.81. The molecule has 156 valence electrons. The SMILES string of the molecule is COc1cc(C(=O)Nc2ccc(N3CCCS3(=O)=O)cc2C)cc(OC)c1OC. The van der Waals surface area contributed by atoms with Crippen LogP contribution in [0, 0.1) is 6.92 Å². The molecule has 2 aromatic carbocycles. The lowest BCUT2D eigenvalue weighted by Gasteiger charge is -2.19. The van der Waals surface area contributed by atoms with Crippen LogP contribution in [0.5, 0.6) is 17.2 Å². The molecule has 0 spiro atoms. The Bertz CT molecular complexity index is 1010. The highest BCUT2D eigenvalue weighted by Gasteiger charge is 2.28. The number of nitrogens with zero attached hydrogens (tertiary/aromatic N) is 1. The van der Waals surface area contributed by atoms with Crippen molar-refractivity contribution >= 4 is 27.3 Å². The number of ether oxygens (including phenoxy) is 3. The molecular formula is C20H24N2O6S. The van der Waals surface area contributed by atoms with Crippen molar-refractivity contribution in [3.05, 3.63) is 41.5 Å². The van der Waals surface area contributed by atoms with Gasteiger partial charge in [0.1, 0.15) is 0 Å². The normalized spacial score (nSPS) is 15.1. The topological polar surface area (TPSA) is 94.2 Å². The van der Waals surface area contributed by atoms with Gasteiger partial charge < -0.3 is 19.5 Å². The van der Waals surface area contributed by atoms with Crippen molar-refractivity contribution in [2.24, 2.45) is 0 Å². The van der Waals surface area contributed by atoms with Crippen LogP contribution in [0.1, 0.15) is 22.3 Å². The van der Waals surface area contributed by atoms with E-state index in [0.29, 0.717) is 47.2 Å². The zero-order chi connectivity index (χ0) is 21.2. The van der Waals surface area contributed by atoms with E-state index in [-0.39, 0.29) is 11.7 Å². The Hall–Kier alpha value is -2.94. The number of carbonyl (C=O) groups excluding carboxylic acids is 1. The van der Waals surface area contributed by atoms with Gasteiger partial charge in [0.05, 0.1) is 32.8 Å². The molecule has 1 N–H and O–H groups in total. The molecular weight excluding hydrogens is 396 g/mol. The molecule has 1 amide bonds. The van der Waals surface area contributed by atoms with Gasteiger partial charge in [-0.3, -0.25) is 9.10 Å². The van der Waals surface area contributed by atoms with Crippen molar-refractivity contribution in [1.82, 2.24) is 0 Å². The number of aryl methyl sites for hydroxylation is 1. The minimum absolute atomic E-state index is 0.158. The molecule has 0 bridgehead atoms. The highest BCUT2D eigenvalue weighted by molar-refractivity contribution is 7.93. The smallest absolute Gasteiger partial charge is 0.255 e. The van der Waals surface area contributed by atoms with Gasteiger partial charge in [-0.15, -0.1) is 0 Å². The van der Waals surface area contributed by atoms with E-state index in [4.69, 9.17) is 14.2 Å². The molecule has 0 aliphatic carbocycles. The van der Waals surface area contributed by atoms with Crippen LogP contribution in [-0.2, 0) is 10.0 Å². The predicted molar refractivity (Wildman–Crippen MR) is 111 cm³/mol. The standard InChI is InChI=1S/C20H24N2O6S/c1-13-10-15(22-8-5-9-29(22,24)25)6-7-16(13)21-20(23)14-11-17(26-2)19(28-4)18(12-14)27-3/h6-7,10-12H,5,8-9H2,1-4H3,(H,21,23). The maximum absolute atomic E-state index is 12.8. The van der Waals surface area contributed by atoms with Crippen molar-refractivity contribution in [1.29, 1.82) is 0 Å². The van der Waals surface area contributed by atoms with Gasteiger partial charge in [-0.25, -0.2) is 8.42 Å². The fourth-order valence-corrected chi connectivity index (χ4v) is 4.84. The van der Waals surface area contributed by atoms with Gasteiger partial charge in [0, 0.05) is 17.8 Å². The van der Waals surface area contributed by atoms with Gasteiger partial charge >= 0.3 is 0 Å². The Morgan fingerprint density at radius 2 is 1.69 bits per heavy atom. The van der Waals surface area contributed by atoms with E-state index in [0.717, 1.165) is 5.56 Å². The van der Waals surface area contributed by atoms with E-state index in [9.17, 15) is 13.2 Å². The lowest BCUT2D eigenvalue weighted by molar-refractivity contribution is 0.102. The fourth-order valence-electron chi connectivity index (χ4n) is 3.28. The van der Waals surface area contributed by atoms with Gasteiger partial charge in [0.15, 0.2) is 11.5 Å².